The van der Waals surface area contributed by atoms with Gasteiger partial charge in [0.15, 0.2) is 0 Å². The second-order valence-electron chi connectivity index (χ2n) is 3.62. The van der Waals surface area contributed by atoms with Crippen LogP contribution in [0.3, 0.4) is 0 Å². The molecule has 1 unspecified atom stereocenters. The van der Waals surface area contributed by atoms with Crippen molar-refractivity contribution in [2.45, 2.75) is 12.5 Å². The van der Waals surface area contributed by atoms with Gasteiger partial charge >= 0.3 is 0 Å². The minimum Gasteiger partial charge on any atom is -0.361 e. The summed E-state index contributed by atoms with van der Waals surface area (Å²) < 4.78 is 12.9. The van der Waals surface area contributed by atoms with E-state index in [0.29, 0.717) is 11.9 Å². The number of aromatic nitrogens is 1. The van der Waals surface area contributed by atoms with E-state index in [1.807, 2.05) is 0 Å². The van der Waals surface area contributed by atoms with E-state index in [9.17, 15) is 9.18 Å². The summed E-state index contributed by atoms with van der Waals surface area (Å²) in [5.41, 5.74) is 7.10. The number of nitrogens with two attached hydrogens (primary N) is 1. The molecule has 1 atom stereocenters. The number of hydrogen-bond donors (Lipinski definition) is 2. The zero-order valence-corrected chi connectivity index (χ0v) is 9.09. The number of H-pyrrole nitrogens is 1. The summed E-state index contributed by atoms with van der Waals surface area (Å²) in [4.78, 5) is 13.8. The van der Waals surface area contributed by atoms with Crippen molar-refractivity contribution >= 4 is 27.7 Å². The third kappa shape index (κ3) is 2.08. The van der Waals surface area contributed by atoms with Gasteiger partial charge in [-0.3, -0.25) is 4.79 Å². The van der Waals surface area contributed by atoms with E-state index in [4.69, 9.17) is 17.3 Å². The summed E-state index contributed by atoms with van der Waals surface area (Å²) in [5, 5.41) is 0.284. The number of aromatic amines is 1. The van der Waals surface area contributed by atoms with Gasteiger partial charge in [0.25, 0.3) is 0 Å². The van der Waals surface area contributed by atoms with Crippen molar-refractivity contribution in [2.24, 2.45) is 5.73 Å². The highest BCUT2D eigenvalue weighted by Crippen LogP contribution is 2.20. The molecule has 0 bridgehead atoms. The standard InChI is InChI=1S/C11H10ClFN2O/c12-11(16)9(14)3-6-5-15-10-4-7(13)1-2-8(6)10/h1-2,4-5,9,15H,3,14H2. The first-order valence-electron chi connectivity index (χ1n) is 4.78. The van der Waals surface area contributed by atoms with Gasteiger partial charge in [0, 0.05) is 17.1 Å². The van der Waals surface area contributed by atoms with Crippen molar-refractivity contribution in [1.82, 2.24) is 4.98 Å². The second-order valence-corrected chi connectivity index (χ2v) is 3.99. The number of halogens is 2. The topological polar surface area (TPSA) is 58.9 Å². The van der Waals surface area contributed by atoms with Crippen LogP contribution in [0.4, 0.5) is 4.39 Å². The third-order valence-corrected chi connectivity index (χ3v) is 2.74. The molecule has 3 nitrogen and oxygen atoms in total. The van der Waals surface area contributed by atoms with E-state index in [2.05, 4.69) is 4.98 Å². The van der Waals surface area contributed by atoms with E-state index in [1.165, 1.54) is 12.1 Å². The van der Waals surface area contributed by atoms with Crippen molar-refractivity contribution < 1.29 is 9.18 Å². The van der Waals surface area contributed by atoms with Gasteiger partial charge < -0.3 is 10.7 Å². The quantitative estimate of drug-likeness (QED) is 0.806. The van der Waals surface area contributed by atoms with Gasteiger partial charge in [-0.15, -0.1) is 0 Å². The molecule has 0 saturated carbocycles. The molecule has 0 aliphatic heterocycles. The zero-order valence-electron chi connectivity index (χ0n) is 8.34. The number of carbonyl (C=O) groups excluding carboxylic acids is 1. The predicted octanol–water partition coefficient (Wildman–Crippen LogP) is 1.94. The molecule has 1 aromatic carbocycles. The number of hydrogen-bond acceptors (Lipinski definition) is 2. The molecule has 0 radical (unpaired) electrons. The van der Waals surface area contributed by atoms with Crippen LogP contribution in [0.2, 0.25) is 0 Å². The number of nitrogens with one attached hydrogen (secondary N) is 1. The second kappa shape index (κ2) is 4.23. The molecule has 5 heteroatoms. The minimum atomic E-state index is -0.731. The molecule has 16 heavy (non-hydrogen) atoms. The molecule has 3 N–H and O–H groups in total. The van der Waals surface area contributed by atoms with Crippen LogP contribution < -0.4 is 5.73 Å². The Morgan fingerprint density at radius 2 is 2.31 bits per heavy atom. The maximum absolute atomic E-state index is 12.9. The van der Waals surface area contributed by atoms with Gasteiger partial charge in [-0.05, 0) is 41.8 Å². The Bertz CT molecular complexity index is 538. The number of rotatable bonds is 3. The first-order valence-corrected chi connectivity index (χ1v) is 5.16. The van der Waals surface area contributed by atoms with Gasteiger partial charge in [-0.25, -0.2) is 4.39 Å². The number of carbonyl (C=O) groups is 1. The van der Waals surface area contributed by atoms with Crippen LogP contribution in [0, 0.1) is 5.82 Å². The molecule has 0 fully saturated rings. The van der Waals surface area contributed by atoms with Crippen molar-refractivity contribution in [3.8, 4) is 0 Å². The Morgan fingerprint density at radius 1 is 1.56 bits per heavy atom. The van der Waals surface area contributed by atoms with Crippen molar-refractivity contribution in [1.29, 1.82) is 0 Å². The molecule has 0 spiro atoms. The first-order chi connectivity index (χ1) is 7.58. The van der Waals surface area contributed by atoms with Gasteiger partial charge in [-0.2, -0.15) is 0 Å². The van der Waals surface area contributed by atoms with E-state index in [0.717, 1.165) is 10.9 Å². The molecule has 0 aliphatic carbocycles. The lowest BCUT2D eigenvalue weighted by Crippen LogP contribution is -2.29. The fourth-order valence-electron chi connectivity index (χ4n) is 1.64. The summed E-state index contributed by atoms with van der Waals surface area (Å²) in [6, 6.07) is 3.69. The van der Waals surface area contributed by atoms with E-state index in [1.54, 1.807) is 12.3 Å². The molecule has 2 rings (SSSR count). The Kier molecular flexibility index (Phi) is 2.94. The lowest BCUT2D eigenvalue weighted by Gasteiger charge is -2.04. The fourth-order valence-corrected chi connectivity index (χ4v) is 1.72. The predicted molar refractivity (Wildman–Crippen MR) is 60.8 cm³/mol. The minimum absolute atomic E-state index is 0.307. The monoisotopic (exact) mass is 240 g/mol. The van der Waals surface area contributed by atoms with Crippen LogP contribution in [0.15, 0.2) is 24.4 Å². The van der Waals surface area contributed by atoms with Gasteiger partial charge in [-0.1, -0.05) is 0 Å². The molecule has 1 heterocycles. The molecule has 0 saturated heterocycles. The number of benzene rings is 1. The van der Waals surface area contributed by atoms with E-state index in [-0.39, 0.29) is 5.82 Å². The summed E-state index contributed by atoms with van der Waals surface area (Å²) >= 11 is 5.29. The smallest absolute Gasteiger partial charge is 0.238 e. The fraction of sp³-hybridized carbons (Fsp3) is 0.182. The molecule has 1 aromatic heterocycles. The summed E-state index contributed by atoms with van der Waals surface area (Å²) in [6.07, 6.45) is 2.05. The van der Waals surface area contributed by atoms with Crippen LogP contribution in [-0.2, 0) is 11.2 Å². The van der Waals surface area contributed by atoms with Crippen LogP contribution in [0.25, 0.3) is 10.9 Å². The summed E-state index contributed by atoms with van der Waals surface area (Å²) in [5.74, 6) is -0.307. The molecular weight excluding hydrogens is 231 g/mol. The van der Waals surface area contributed by atoms with Crippen molar-refractivity contribution in [3.63, 3.8) is 0 Å². The van der Waals surface area contributed by atoms with Crippen LogP contribution in [-0.4, -0.2) is 16.3 Å². The van der Waals surface area contributed by atoms with Gasteiger partial charge in [0.05, 0.1) is 6.04 Å². The van der Waals surface area contributed by atoms with Gasteiger partial charge in [0.2, 0.25) is 5.24 Å². The largest absolute Gasteiger partial charge is 0.361 e. The lowest BCUT2D eigenvalue weighted by atomic mass is 10.1. The zero-order chi connectivity index (χ0) is 11.7. The van der Waals surface area contributed by atoms with Crippen LogP contribution in [0.1, 0.15) is 5.56 Å². The SMILES string of the molecule is NC(Cc1c[nH]c2cc(F)ccc12)C(=O)Cl. The molecule has 84 valence electrons. The maximum atomic E-state index is 12.9. The molecular formula is C11H10ClFN2O. The van der Waals surface area contributed by atoms with Crippen molar-refractivity contribution in [3.05, 3.63) is 35.8 Å². The third-order valence-electron chi connectivity index (χ3n) is 2.46. The molecule has 0 amide bonds. The normalized spacial score (nSPS) is 12.9. The summed E-state index contributed by atoms with van der Waals surface area (Å²) in [7, 11) is 0. The average Bonchev–Trinajstić information content (AvgIpc) is 2.60. The van der Waals surface area contributed by atoms with Crippen molar-refractivity contribution in [2.75, 3.05) is 0 Å². The Labute approximate surface area is 96.4 Å². The van der Waals surface area contributed by atoms with Crippen LogP contribution in [0.5, 0.6) is 0 Å². The maximum Gasteiger partial charge on any atom is 0.238 e. The average molecular weight is 241 g/mol. The summed E-state index contributed by atoms with van der Waals surface area (Å²) in [6.45, 7) is 0. The van der Waals surface area contributed by atoms with E-state index < -0.39 is 11.3 Å². The Balaban J connectivity index is 2.35. The van der Waals surface area contributed by atoms with Gasteiger partial charge in [0.1, 0.15) is 5.82 Å². The molecule has 2 aromatic rings. The Morgan fingerprint density at radius 3 is 3.00 bits per heavy atom. The number of fused-ring (bicyclic) bond motifs is 1. The molecule has 0 aliphatic rings. The lowest BCUT2D eigenvalue weighted by molar-refractivity contribution is -0.112. The highest BCUT2D eigenvalue weighted by molar-refractivity contribution is 6.64. The highest BCUT2D eigenvalue weighted by Gasteiger charge is 2.14. The first kappa shape index (κ1) is 11.1. The highest BCUT2D eigenvalue weighted by atomic mass is 35.5. The van der Waals surface area contributed by atoms with E-state index >= 15 is 0 Å². The van der Waals surface area contributed by atoms with Crippen LogP contribution >= 0.6 is 11.6 Å². The Hall–Kier alpha value is -1.39.